The quantitative estimate of drug-likeness (QED) is 0.629. The third-order valence-electron chi connectivity index (χ3n) is 2.74. The van der Waals surface area contributed by atoms with E-state index in [1.165, 1.54) is 23.3 Å². The fraction of sp³-hybridized carbons (Fsp3) is 0.250. The average Bonchev–Trinajstić information content (AvgIpc) is 2.88. The zero-order valence-electron chi connectivity index (χ0n) is 10.5. The van der Waals surface area contributed by atoms with E-state index >= 15 is 0 Å². The maximum atomic E-state index is 13.8. The monoisotopic (exact) mass is 299 g/mol. The Morgan fingerprint density at radius 1 is 1.40 bits per heavy atom. The molecule has 1 heterocycles. The number of benzene rings is 1. The predicted octanol–water partition coefficient (Wildman–Crippen LogP) is 3.01. The molecule has 0 saturated heterocycles. The summed E-state index contributed by atoms with van der Waals surface area (Å²) in [5, 5.41) is 13.2. The number of hydrogen-bond acceptors (Lipinski definition) is 5. The SMILES string of the molecule is CN(CCc1nccs1)c1c(F)cc([N+](=O)[O-])cc1F. The smallest absolute Gasteiger partial charge is 0.275 e. The number of nitro benzene ring substituents is 1. The van der Waals surface area contributed by atoms with Gasteiger partial charge < -0.3 is 4.90 Å². The highest BCUT2D eigenvalue weighted by Crippen LogP contribution is 2.27. The summed E-state index contributed by atoms with van der Waals surface area (Å²) in [6.45, 7) is 0.360. The Bertz CT molecular complexity index is 596. The highest BCUT2D eigenvalue weighted by Gasteiger charge is 2.19. The van der Waals surface area contributed by atoms with Crippen LogP contribution in [0.3, 0.4) is 0 Å². The molecule has 0 atom stereocenters. The normalized spacial score (nSPS) is 10.6. The van der Waals surface area contributed by atoms with Crippen molar-refractivity contribution in [2.75, 3.05) is 18.5 Å². The van der Waals surface area contributed by atoms with Gasteiger partial charge in [-0.25, -0.2) is 13.8 Å². The molecule has 2 aromatic rings. The van der Waals surface area contributed by atoms with Gasteiger partial charge in [0.05, 0.1) is 22.1 Å². The summed E-state index contributed by atoms with van der Waals surface area (Å²) in [6.07, 6.45) is 2.21. The first-order valence-corrected chi connectivity index (χ1v) is 6.60. The Kier molecular flexibility index (Phi) is 4.23. The summed E-state index contributed by atoms with van der Waals surface area (Å²) in [6, 6.07) is 1.44. The van der Waals surface area contributed by atoms with Gasteiger partial charge >= 0.3 is 0 Å². The number of thiazole rings is 1. The second-order valence-corrected chi connectivity index (χ2v) is 5.09. The molecule has 0 spiro atoms. The number of rotatable bonds is 5. The molecule has 0 saturated carbocycles. The molecule has 0 aliphatic rings. The molecule has 0 unspecified atom stereocenters. The number of nitro groups is 1. The number of likely N-dealkylation sites (N-methyl/N-ethyl adjacent to an activating group) is 1. The Hall–Kier alpha value is -2.09. The van der Waals surface area contributed by atoms with Gasteiger partial charge in [0, 0.05) is 31.6 Å². The summed E-state index contributed by atoms with van der Waals surface area (Å²) in [7, 11) is 1.53. The van der Waals surface area contributed by atoms with E-state index < -0.39 is 22.2 Å². The Balaban J connectivity index is 2.17. The molecule has 106 valence electrons. The minimum atomic E-state index is -0.946. The highest BCUT2D eigenvalue weighted by molar-refractivity contribution is 7.09. The number of non-ortho nitro benzene ring substituents is 1. The van der Waals surface area contributed by atoms with Crippen LogP contribution in [0, 0.1) is 21.7 Å². The molecule has 0 amide bonds. The lowest BCUT2D eigenvalue weighted by Gasteiger charge is -2.19. The van der Waals surface area contributed by atoms with E-state index in [2.05, 4.69) is 4.98 Å². The van der Waals surface area contributed by atoms with E-state index in [0.29, 0.717) is 13.0 Å². The summed E-state index contributed by atoms with van der Waals surface area (Å²) < 4.78 is 27.6. The Labute approximate surface area is 117 Å². The fourth-order valence-corrected chi connectivity index (χ4v) is 2.38. The van der Waals surface area contributed by atoms with Crippen molar-refractivity contribution in [1.29, 1.82) is 0 Å². The molecule has 0 bridgehead atoms. The second-order valence-electron chi connectivity index (χ2n) is 4.11. The van der Waals surface area contributed by atoms with Crippen LogP contribution in [0.1, 0.15) is 5.01 Å². The molecule has 8 heteroatoms. The Morgan fingerprint density at radius 2 is 2.05 bits per heavy atom. The van der Waals surface area contributed by atoms with E-state index in [1.54, 1.807) is 6.20 Å². The number of aromatic nitrogens is 1. The molecule has 1 aromatic heterocycles. The molecular weight excluding hydrogens is 288 g/mol. The van der Waals surface area contributed by atoms with Crippen LogP contribution in [0.5, 0.6) is 0 Å². The van der Waals surface area contributed by atoms with Crippen molar-refractivity contribution < 1.29 is 13.7 Å². The lowest BCUT2D eigenvalue weighted by molar-refractivity contribution is -0.385. The van der Waals surface area contributed by atoms with Crippen molar-refractivity contribution >= 4 is 22.7 Å². The standard InChI is InChI=1S/C12H11F2N3O2S/c1-16(4-2-11-15-3-5-20-11)12-9(13)6-8(17(18)19)7-10(12)14/h3,5-7H,2,4H2,1H3. The van der Waals surface area contributed by atoms with Gasteiger partial charge in [0.15, 0.2) is 11.6 Å². The van der Waals surface area contributed by atoms with Gasteiger partial charge in [0.1, 0.15) is 5.69 Å². The second kappa shape index (κ2) is 5.91. The molecule has 0 radical (unpaired) electrons. The maximum Gasteiger partial charge on any atom is 0.275 e. The summed E-state index contributed by atoms with van der Waals surface area (Å²) in [5.74, 6) is -1.89. The van der Waals surface area contributed by atoms with Gasteiger partial charge in [-0.05, 0) is 0 Å². The third-order valence-corrected chi connectivity index (χ3v) is 3.58. The van der Waals surface area contributed by atoms with Crippen molar-refractivity contribution in [3.8, 4) is 0 Å². The third kappa shape index (κ3) is 3.08. The topological polar surface area (TPSA) is 59.3 Å². The van der Waals surface area contributed by atoms with Crippen LogP contribution in [0.15, 0.2) is 23.7 Å². The van der Waals surface area contributed by atoms with Gasteiger partial charge in [-0.3, -0.25) is 10.1 Å². The van der Waals surface area contributed by atoms with Crippen molar-refractivity contribution in [1.82, 2.24) is 4.98 Å². The van der Waals surface area contributed by atoms with Gasteiger partial charge in [0.2, 0.25) is 0 Å². The first-order valence-electron chi connectivity index (χ1n) is 5.72. The van der Waals surface area contributed by atoms with Gasteiger partial charge in [-0.1, -0.05) is 0 Å². The van der Waals surface area contributed by atoms with Gasteiger partial charge in [-0.15, -0.1) is 11.3 Å². The number of nitrogens with zero attached hydrogens (tertiary/aromatic N) is 3. The van der Waals surface area contributed by atoms with Gasteiger partial charge in [-0.2, -0.15) is 0 Å². The van der Waals surface area contributed by atoms with Crippen LogP contribution in [0.2, 0.25) is 0 Å². The zero-order valence-corrected chi connectivity index (χ0v) is 11.4. The van der Waals surface area contributed by atoms with Crippen molar-refractivity contribution in [3.63, 3.8) is 0 Å². The average molecular weight is 299 g/mol. The molecule has 2 rings (SSSR count). The molecule has 0 aliphatic carbocycles. The minimum Gasteiger partial charge on any atom is -0.369 e. The summed E-state index contributed by atoms with van der Waals surface area (Å²) >= 11 is 1.46. The largest absolute Gasteiger partial charge is 0.369 e. The van der Waals surface area contributed by atoms with Crippen molar-refractivity contribution in [3.05, 3.63) is 50.5 Å². The molecule has 5 nitrogen and oxygen atoms in total. The first kappa shape index (κ1) is 14.3. The minimum absolute atomic E-state index is 0.271. The van der Waals surface area contributed by atoms with Crippen LogP contribution in [-0.4, -0.2) is 23.5 Å². The van der Waals surface area contributed by atoms with Crippen LogP contribution in [-0.2, 0) is 6.42 Å². The van der Waals surface area contributed by atoms with E-state index in [-0.39, 0.29) is 5.69 Å². The van der Waals surface area contributed by atoms with E-state index in [1.807, 2.05) is 5.38 Å². The van der Waals surface area contributed by atoms with Gasteiger partial charge in [0.25, 0.3) is 5.69 Å². The van der Waals surface area contributed by atoms with Crippen LogP contribution in [0.4, 0.5) is 20.2 Å². The van der Waals surface area contributed by atoms with Crippen LogP contribution in [0.25, 0.3) is 0 Å². The predicted molar refractivity (Wildman–Crippen MR) is 72.1 cm³/mol. The molecule has 0 aliphatic heterocycles. The molecule has 0 N–H and O–H groups in total. The lowest BCUT2D eigenvalue weighted by Crippen LogP contribution is -2.22. The van der Waals surface area contributed by atoms with Crippen molar-refractivity contribution in [2.45, 2.75) is 6.42 Å². The fourth-order valence-electron chi connectivity index (χ4n) is 1.77. The van der Waals surface area contributed by atoms with Crippen LogP contribution >= 0.6 is 11.3 Å². The summed E-state index contributed by atoms with van der Waals surface area (Å²) in [4.78, 5) is 15.2. The van der Waals surface area contributed by atoms with E-state index in [9.17, 15) is 18.9 Å². The number of hydrogen-bond donors (Lipinski definition) is 0. The lowest BCUT2D eigenvalue weighted by atomic mass is 10.2. The molecule has 0 fully saturated rings. The molecule has 20 heavy (non-hydrogen) atoms. The van der Waals surface area contributed by atoms with E-state index in [4.69, 9.17) is 0 Å². The molecular formula is C12H11F2N3O2S. The van der Waals surface area contributed by atoms with E-state index in [0.717, 1.165) is 17.1 Å². The molecule has 1 aromatic carbocycles. The zero-order chi connectivity index (χ0) is 14.7. The highest BCUT2D eigenvalue weighted by atomic mass is 32.1. The number of halogens is 2. The summed E-state index contributed by atoms with van der Waals surface area (Å²) in [5.41, 5.74) is -0.871. The number of anilines is 1. The Morgan fingerprint density at radius 3 is 2.55 bits per heavy atom. The first-order chi connectivity index (χ1) is 9.49. The maximum absolute atomic E-state index is 13.8. The van der Waals surface area contributed by atoms with Crippen LogP contribution < -0.4 is 4.90 Å². The van der Waals surface area contributed by atoms with Crippen molar-refractivity contribution in [2.24, 2.45) is 0 Å².